The molecule has 2 saturated heterocycles. The first-order valence-corrected chi connectivity index (χ1v) is 12.7. The van der Waals surface area contributed by atoms with Crippen molar-refractivity contribution in [1.29, 1.82) is 0 Å². The van der Waals surface area contributed by atoms with Crippen LogP contribution in [0.3, 0.4) is 0 Å². The van der Waals surface area contributed by atoms with Crippen LogP contribution in [0.15, 0.2) is 60.8 Å². The maximum Gasteiger partial charge on any atom is 0.471 e. The molecule has 2 fully saturated rings. The van der Waals surface area contributed by atoms with Gasteiger partial charge in [0.15, 0.2) is 5.65 Å². The summed E-state index contributed by atoms with van der Waals surface area (Å²) in [5, 5.41) is 6.92. The summed E-state index contributed by atoms with van der Waals surface area (Å²) in [5.74, 6) is -0.862. The van der Waals surface area contributed by atoms with Crippen molar-refractivity contribution in [2.75, 3.05) is 29.4 Å². The lowest BCUT2D eigenvalue weighted by Gasteiger charge is -2.26. The molecule has 202 valence electrons. The molecule has 39 heavy (non-hydrogen) atoms. The van der Waals surface area contributed by atoms with Crippen molar-refractivity contribution in [2.24, 2.45) is 0 Å². The van der Waals surface area contributed by atoms with Crippen LogP contribution in [-0.2, 0) is 4.79 Å². The van der Waals surface area contributed by atoms with Crippen LogP contribution in [0.4, 0.5) is 29.2 Å². The maximum absolute atomic E-state index is 13.9. The molecule has 12 heteroatoms. The third kappa shape index (κ3) is 4.98. The molecule has 2 unspecified atom stereocenters. The number of aromatic nitrogens is 4. The Balaban J connectivity index is 1.25. The summed E-state index contributed by atoms with van der Waals surface area (Å²) in [6.07, 6.45) is -0.989. The number of amides is 1. The fourth-order valence-electron chi connectivity index (χ4n) is 5.39. The minimum Gasteiger partial charge on any atom is -0.354 e. The number of carbonyl (C=O) groups excluding carboxylic acids is 1. The first-order chi connectivity index (χ1) is 18.8. The molecule has 1 aromatic carbocycles. The van der Waals surface area contributed by atoms with E-state index in [9.17, 15) is 22.4 Å². The first-order valence-electron chi connectivity index (χ1n) is 12.7. The summed E-state index contributed by atoms with van der Waals surface area (Å²) in [7, 11) is 0. The van der Waals surface area contributed by atoms with Gasteiger partial charge in [0.2, 0.25) is 0 Å². The van der Waals surface area contributed by atoms with Gasteiger partial charge in [-0.05, 0) is 61.2 Å². The van der Waals surface area contributed by atoms with E-state index in [4.69, 9.17) is 10.1 Å². The van der Waals surface area contributed by atoms with Gasteiger partial charge in [0.25, 0.3) is 0 Å². The Labute approximate surface area is 221 Å². The molecular formula is C27H25F4N7O. The summed E-state index contributed by atoms with van der Waals surface area (Å²) >= 11 is 0. The molecule has 6 rings (SSSR count). The topological polar surface area (TPSA) is 78.7 Å². The van der Waals surface area contributed by atoms with Crippen LogP contribution in [0.1, 0.15) is 30.9 Å². The first kappa shape index (κ1) is 25.1. The molecule has 2 aliphatic rings. The number of nitrogens with one attached hydrogen (secondary N) is 1. The number of benzene rings is 1. The molecule has 0 saturated carbocycles. The van der Waals surface area contributed by atoms with Crippen molar-refractivity contribution >= 4 is 23.2 Å². The highest BCUT2D eigenvalue weighted by Gasteiger charge is 2.40. The van der Waals surface area contributed by atoms with Crippen molar-refractivity contribution in [3.05, 3.63) is 72.2 Å². The highest BCUT2D eigenvalue weighted by Crippen LogP contribution is 2.36. The van der Waals surface area contributed by atoms with Gasteiger partial charge in [-0.15, -0.1) is 5.10 Å². The van der Waals surface area contributed by atoms with E-state index in [-0.39, 0.29) is 18.4 Å². The van der Waals surface area contributed by atoms with Gasteiger partial charge in [-0.2, -0.15) is 13.2 Å². The molecule has 1 N–H and O–H groups in total. The minimum absolute atomic E-state index is 0.0139. The number of hydrogen-bond acceptors (Lipinski definition) is 6. The molecule has 3 aromatic heterocycles. The number of halogens is 4. The number of fused-ring (bicyclic) bond motifs is 1. The zero-order chi connectivity index (χ0) is 27.1. The van der Waals surface area contributed by atoms with Gasteiger partial charge < -0.3 is 15.1 Å². The number of rotatable bonds is 5. The Morgan fingerprint density at radius 2 is 1.85 bits per heavy atom. The van der Waals surface area contributed by atoms with Crippen LogP contribution in [0.5, 0.6) is 0 Å². The van der Waals surface area contributed by atoms with Crippen molar-refractivity contribution in [3.8, 4) is 11.4 Å². The Bertz CT molecular complexity index is 1520. The third-order valence-electron chi connectivity index (χ3n) is 7.23. The van der Waals surface area contributed by atoms with Gasteiger partial charge in [-0.3, -0.25) is 4.79 Å². The summed E-state index contributed by atoms with van der Waals surface area (Å²) in [6.45, 7) is 1.48. The fourth-order valence-corrected chi connectivity index (χ4v) is 5.39. The lowest BCUT2D eigenvalue weighted by molar-refractivity contribution is -0.174. The number of hydrogen-bond donors (Lipinski definition) is 1. The second-order valence-corrected chi connectivity index (χ2v) is 9.80. The Morgan fingerprint density at radius 3 is 2.67 bits per heavy atom. The van der Waals surface area contributed by atoms with E-state index in [1.807, 2.05) is 35.2 Å². The molecule has 0 bridgehead atoms. The standard InChI is InChI=1S/C27H25F4N7O/c28-18-5-1-4-17(14-18)21-7-3-12-37(21)25-10-9-23-32-15-22(38(23)35-25)20-6-2-8-24(34-20)36-13-11-19(16-36)33-26(39)27(29,30)31/h1-2,4-6,8-10,14-15,19,21H,3,7,11-13,16H2,(H,33,39). The van der Waals surface area contributed by atoms with Crippen molar-refractivity contribution in [1.82, 2.24) is 24.9 Å². The van der Waals surface area contributed by atoms with E-state index < -0.39 is 18.1 Å². The van der Waals surface area contributed by atoms with E-state index in [0.29, 0.717) is 35.8 Å². The summed E-state index contributed by atoms with van der Waals surface area (Å²) in [5.41, 5.74) is 2.82. The molecule has 8 nitrogen and oxygen atoms in total. The Kier molecular flexibility index (Phi) is 6.32. The van der Waals surface area contributed by atoms with Gasteiger partial charge in [0, 0.05) is 25.7 Å². The molecule has 0 aliphatic carbocycles. The summed E-state index contributed by atoms with van der Waals surface area (Å²) in [6, 6.07) is 15.3. The van der Waals surface area contributed by atoms with Crippen molar-refractivity contribution < 1.29 is 22.4 Å². The average Bonchev–Trinajstić information content (AvgIpc) is 3.67. The minimum atomic E-state index is -4.91. The normalized spacial score (nSPS) is 19.7. The quantitative estimate of drug-likeness (QED) is 0.376. The number of pyridine rings is 1. The predicted octanol–water partition coefficient (Wildman–Crippen LogP) is 4.53. The molecule has 4 aromatic rings. The number of imidazole rings is 1. The second-order valence-electron chi connectivity index (χ2n) is 9.80. The van der Waals surface area contributed by atoms with Crippen LogP contribution >= 0.6 is 0 Å². The highest BCUT2D eigenvalue weighted by atomic mass is 19.4. The lowest BCUT2D eigenvalue weighted by Crippen LogP contribution is -2.44. The molecule has 0 spiro atoms. The van der Waals surface area contributed by atoms with Gasteiger partial charge in [0.05, 0.1) is 17.9 Å². The lowest BCUT2D eigenvalue weighted by atomic mass is 10.0. The number of carbonyl (C=O) groups is 1. The summed E-state index contributed by atoms with van der Waals surface area (Å²) in [4.78, 5) is 24.6. The van der Waals surface area contributed by atoms with Crippen LogP contribution in [0, 0.1) is 5.82 Å². The maximum atomic E-state index is 13.9. The SMILES string of the molecule is O=C(NC1CCN(c2cccc(-c3cnc4ccc(N5CCCC5c5cccc(F)c5)nn34)n2)C1)C(F)(F)F. The van der Waals surface area contributed by atoms with E-state index in [1.165, 1.54) is 6.07 Å². The van der Waals surface area contributed by atoms with E-state index in [0.717, 1.165) is 30.8 Å². The molecule has 5 heterocycles. The van der Waals surface area contributed by atoms with Crippen LogP contribution in [0.25, 0.3) is 17.0 Å². The second kappa shape index (κ2) is 9.83. The summed E-state index contributed by atoms with van der Waals surface area (Å²) < 4.78 is 53.6. The van der Waals surface area contributed by atoms with Gasteiger partial charge in [-0.25, -0.2) is 18.9 Å². The molecular weight excluding hydrogens is 514 g/mol. The van der Waals surface area contributed by atoms with E-state index >= 15 is 0 Å². The molecule has 2 atom stereocenters. The highest BCUT2D eigenvalue weighted by molar-refractivity contribution is 5.82. The zero-order valence-electron chi connectivity index (χ0n) is 20.8. The van der Waals surface area contributed by atoms with Crippen molar-refractivity contribution in [3.63, 3.8) is 0 Å². The smallest absolute Gasteiger partial charge is 0.354 e. The molecule has 1 amide bonds. The molecule has 2 aliphatic heterocycles. The number of nitrogens with zero attached hydrogens (tertiary/aromatic N) is 6. The van der Waals surface area contributed by atoms with Gasteiger partial charge in [0.1, 0.15) is 23.1 Å². The fraction of sp³-hybridized carbons (Fsp3) is 0.333. The van der Waals surface area contributed by atoms with Gasteiger partial charge in [-0.1, -0.05) is 18.2 Å². The van der Waals surface area contributed by atoms with Crippen LogP contribution in [-0.4, -0.2) is 57.3 Å². The van der Waals surface area contributed by atoms with Crippen LogP contribution < -0.4 is 15.1 Å². The monoisotopic (exact) mass is 539 g/mol. The Hall–Kier alpha value is -4.22. The average molecular weight is 540 g/mol. The Morgan fingerprint density at radius 1 is 1.00 bits per heavy atom. The van der Waals surface area contributed by atoms with Gasteiger partial charge >= 0.3 is 12.1 Å². The van der Waals surface area contributed by atoms with E-state index in [1.54, 1.807) is 28.9 Å². The third-order valence-corrected chi connectivity index (χ3v) is 7.23. The predicted molar refractivity (Wildman–Crippen MR) is 137 cm³/mol. The zero-order valence-corrected chi connectivity index (χ0v) is 20.8. The van der Waals surface area contributed by atoms with E-state index in [2.05, 4.69) is 15.2 Å². The number of anilines is 2. The van der Waals surface area contributed by atoms with Crippen LogP contribution in [0.2, 0.25) is 0 Å². The van der Waals surface area contributed by atoms with Crippen molar-refractivity contribution in [2.45, 2.75) is 37.5 Å². The largest absolute Gasteiger partial charge is 0.471 e. The number of alkyl halides is 3. The molecule has 0 radical (unpaired) electrons.